The highest BCUT2D eigenvalue weighted by molar-refractivity contribution is 6.04. The van der Waals surface area contributed by atoms with E-state index < -0.39 is 17.6 Å². The van der Waals surface area contributed by atoms with Crippen molar-refractivity contribution in [2.24, 2.45) is 0 Å². The Morgan fingerprint density at radius 2 is 1.82 bits per heavy atom. The second-order valence-electron chi connectivity index (χ2n) is 7.03. The molecule has 0 unspecified atom stereocenters. The predicted octanol–water partition coefficient (Wildman–Crippen LogP) is 5.68. The van der Waals surface area contributed by atoms with Gasteiger partial charge in [-0.1, -0.05) is 39.3 Å². The molecule has 0 bridgehead atoms. The number of rotatable bonds is 5. The Kier molecular flexibility index (Phi) is 5.45. The summed E-state index contributed by atoms with van der Waals surface area (Å²) in [5, 5.41) is 2.78. The Morgan fingerprint density at radius 3 is 2.39 bits per heavy atom. The number of aromatic nitrogens is 2. The fourth-order valence-electron chi connectivity index (χ4n) is 3.05. The van der Waals surface area contributed by atoms with Gasteiger partial charge in [-0.25, -0.2) is 4.98 Å². The first-order valence-corrected chi connectivity index (χ1v) is 9.20. The van der Waals surface area contributed by atoms with Gasteiger partial charge in [0.15, 0.2) is 0 Å². The molecule has 1 N–H and O–H groups in total. The molecule has 3 rings (SSSR count). The lowest BCUT2D eigenvalue weighted by Gasteiger charge is -2.11. The van der Waals surface area contributed by atoms with E-state index in [4.69, 9.17) is 0 Å². The summed E-state index contributed by atoms with van der Waals surface area (Å²) in [4.78, 5) is 17.3. The number of halogens is 3. The van der Waals surface area contributed by atoms with Gasteiger partial charge in [0, 0.05) is 11.9 Å². The molecule has 4 nitrogen and oxygen atoms in total. The summed E-state index contributed by atoms with van der Waals surface area (Å²) in [6, 6.07) is 9.68. The zero-order valence-electron chi connectivity index (χ0n) is 16.0. The van der Waals surface area contributed by atoms with Crippen molar-refractivity contribution in [1.82, 2.24) is 9.38 Å². The molecule has 0 saturated carbocycles. The third-order valence-electron chi connectivity index (χ3n) is 4.56. The highest BCUT2D eigenvalue weighted by Gasteiger charge is 2.32. The third kappa shape index (κ3) is 4.03. The maximum absolute atomic E-state index is 13.1. The van der Waals surface area contributed by atoms with E-state index in [2.05, 4.69) is 24.1 Å². The van der Waals surface area contributed by atoms with E-state index in [0.29, 0.717) is 29.4 Å². The second kappa shape index (κ2) is 7.66. The van der Waals surface area contributed by atoms with Crippen LogP contribution in [-0.2, 0) is 12.6 Å². The molecular weight excluding hydrogens is 367 g/mol. The van der Waals surface area contributed by atoms with E-state index in [-0.39, 0.29) is 5.69 Å². The maximum atomic E-state index is 13.1. The SMILES string of the molecule is CCCc1nc2ccc(C(F)(F)F)cn2c1C(=O)Nc1ccc(C(C)C)cc1. The zero-order valence-corrected chi connectivity index (χ0v) is 16.0. The van der Waals surface area contributed by atoms with Crippen LogP contribution >= 0.6 is 0 Å². The topological polar surface area (TPSA) is 46.4 Å². The fraction of sp³-hybridized carbons (Fsp3) is 0.333. The Morgan fingerprint density at radius 1 is 1.14 bits per heavy atom. The Hall–Kier alpha value is -2.83. The summed E-state index contributed by atoms with van der Waals surface area (Å²) in [5.41, 5.74) is 1.83. The molecule has 2 aromatic heterocycles. The molecule has 3 aromatic rings. The molecule has 28 heavy (non-hydrogen) atoms. The number of fused-ring (bicyclic) bond motifs is 1. The average Bonchev–Trinajstić information content (AvgIpc) is 2.99. The Balaban J connectivity index is 2.01. The van der Waals surface area contributed by atoms with Crippen LogP contribution in [0.15, 0.2) is 42.6 Å². The quantitative estimate of drug-likeness (QED) is 0.610. The number of alkyl halides is 3. The molecule has 0 aliphatic rings. The number of carbonyl (C=O) groups excluding carboxylic acids is 1. The molecule has 7 heteroatoms. The average molecular weight is 389 g/mol. The smallest absolute Gasteiger partial charge is 0.321 e. The van der Waals surface area contributed by atoms with E-state index in [0.717, 1.165) is 24.2 Å². The van der Waals surface area contributed by atoms with E-state index in [1.54, 1.807) is 12.1 Å². The normalized spacial score (nSPS) is 12.0. The van der Waals surface area contributed by atoms with Gasteiger partial charge in [0.05, 0.1) is 11.3 Å². The van der Waals surface area contributed by atoms with Crippen molar-refractivity contribution < 1.29 is 18.0 Å². The lowest BCUT2D eigenvalue weighted by atomic mass is 10.0. The number of imidazole rings is 1. The third-order valence-corrected chi connectivity index (χ3v) is 4.56. The summed E-state index contributed by atoms with van der Waals surface area (Å²) in [6.45, 7) is 6.07. The van der Waals surface area contributed by atoms with Crippen LogP contribution in [0.3, 0.4) is 0 Å². The highest BCUT2D eigenvalue weighted by atomic mass is 19.4. The number of aryl methyl sites for hydroxylation is 1. The van der Waals surface area contributed by atoms with Gasteiger partial charge in [0.2, 0.25) is 0 Å². The largest absolute Gasteiger partial charge is 0.417 e. The number of hydrogen-bond donors (Lipinski definition) is 1. The van der Waals surface area contributed by atoms with Gasteiger partial charge in [0.25, 0.3) is 5.91 Å². The molecular formula is C21H22F3N3O. The first kappa shape index (κ1) is 19.9. The summed E-state index contributed by atoms with van der Waals surface area (Å²) in [5.74, 6) is -0.118. The monoisotopic (exact) mass is 389 g/mol. The van der Waals surface area contributed by atoms with Crippen LogP contribution in [0.1, 0.15) is 60.4 Å². The van der Waals surface area contributed by atoms with Crippen molar-refractivity contribution in [3.05, 3.63) is 65.1 Å². The molecule has 0 aliphatic heterocycles. The van der Waals surface area contributed by atoms with Crippen LogP contribution in [0.25, 0.3) is 5.65 Å². The van der Waals surface area contributed by atoms with Crippen LogP contribution < -0.4 is 5.32 Å². The molecule has 0 fully saturated rings. The lowest BCUT2D eigenvalue weighted by Crippen LogP contribution is -2.17. The fourth-order valence-corrected chi connectivity index (χ4v) is 3.05. The first-order chi connectivity index (χ1) is 13.2. The van der Waals surface area contributed by atoms with E-state index >= 15 is 0 Å². The van der Waals surface area contributed by atoms with Gasteiger partial charge in [-0.05, 0) is 42.2 Å². The standard InChI is InChI=1S/C21H22F3N3O/c1-4-5-17-19(20(28)25-16-9-6-14(7-10-16)13(2)3)27-12-15(21(22,23)24)8-11-18(27)26-17/h6-13H,4-5H2,1-3H3,(H,25,28). The molecule has 0 spiro atoms. The van der Waals surface area contributed by atoms with Crippen molar-refractivity contribution in [2.75, 3.05) is 5.32 Å². The Bertz CT molecular complexity index is 989. The van der Waals surface area contributed by atoms with Gasteiger partial charge >= 0.3 is 6.18 Å². The van der Waals surface area contributed by atoms with Crippen LogP contribution in [0.2, 0.25) is 0 Å². The van der Waals surface area contributed by atoms with Gasteiger partial charge in [-0.2, -0.15) is 13.2 Å². The van der Waals surface area contributed by atoms with Gasteiger partial charge in [-0.15, -0.1) is 0 Å². The minimum atomic E-state index is -4.50. The molecule has 148 valence electrons. The lowest BCUT2D eigenvalue weighted by molar-refractivity contribution is -0.137. The number of hydrogen-bond acceptors (Lipinski definition) is 2. The number of carbonyl (C=O) groups is 1. The molecule has 1 aromatic carbocycles. The molecule has 1 amide bonds. The summed E-state index contributed by atoms with van der Waals surface area (Å²) >= 11 is 0. The van der Waals surface area contributed by atoms with E-state index in [1.165, 1.54) is 10.5 Å². The molecule has 0 atom stereocenters. The highest BCUT2D eigenvalue weighted by Crippen LogP contribution is 2.30. The van der Waals surface area contributed by atoms with Crippen molar-refractivity contribution in [1.29, 1.82) is 0 Å². The molecule has 0 saturated heterocycles. The molecule has 0 radical (unpaired) electrons. The minimum absolute atomic E-state index is 0.135. The van der Waals surface area contributed by atoms with Crippen molar-refractivity contribution >= 4 is 17.2 Å². The second-order valence-corrected chi connectivity index (χ2v) is 7.03. The van der Waals surface area contributed by atoms with Crippen molar-refractivity contribution in [3.8, 4) is 0 Å². The van der Waals surface area contributed by atoms with Crippen LogP contribution in [0, 0.1) is 0 Å². The van der Waals surface area contributed by atoms with Crippen LogP contribution in [-0.4, -0.2) is 15.3 Å². The number of anilines is 1. The number of pyridine rings is 1. The van der Waals surface area contributed by atoms with Gasteiger partial charge in [-0.3, -0.25) is 9.20 Å². The summed E-state index contributed by atoms with van der Waals surface area (Å²) < 4.78 is 40.6. The number of amides is 1. The van der Waals surface area contributed by atoms with Crippen LogP contribution in [0.5, 0.6) is 0 Å². The number of nitrogens with zero attached hydrogens (tertiary/aromatic N) is 2. The maximum Gasteiger partial charge on any atom is 0.417 e. The Labute approximate surface area is 161 Å². The van der Waals surface area contributed by atoms with Crippen molar-refractivity contribution in [3.63, 3.8) is 0 Å². The number of nitrogens with one attached hydrogen (secondary N) is 1. The van der Waals surface area contributed by atoms with Crippen LogP contribution in [0.4, 0.5) is 18.9 Å². The summed E-state index contributed by atoms with van der Waals surface area (Å²) in [6.07, 6.45) is -2.35. The minimum Gasteiger partial charge on any atom is -0.321 e. The molecule has 2 heterocycles. The van der Waals surface area contributed by atoms with E-state index in [1.807, 2.05) is 19.1 Å². The predicted molar refractivity (Wildman–Crippen MR) is 103 cm³/mol. The first-order valence-electron chi connectivity index (χ1n) is 9.20. The van der Waals surface area contributed by atoms with Gasteiger partial charge in [0.1, 0.15) is 11.3 Å². The van der Waals surface area contributed by atoms with E-state index in [9.17, 15) is 18.0 Å². The molecule has 0 aliphatic carbocycles. The van der Waals surface area contributed by atoms with Gasteiger partial charge < -0.3 is 5.32 Å². The number of benzene rings is 1. The van der Waals surface area contributed by atoms with Crippen molar-refractivity contribution in [2.45, 2.75) is 45.7 Å². The summed E-state index contributed by atoms with van der Waals surface area (Å²) in [7, 11) is 0. The zero-order chi connectivity index (χ0) is 20.5.